The first kappa shape index (κ1) is 17.2. The summed E-state index contributed by atoms with van der Waals surface area (Å²) < 4.78 is 43.3. The van der Waals surface area contributed by atoms with Crippen LogP contribution in [0.5, 0.6) is 6.01 Å². The van der Waals surface area contributed by atoms with Gasteiger partial charge in [-0.05, 0) is 24.1 Å². The number of hydrogen-bond acceptors (Lipinski definition) is 4. The van der Waals surface area contributed by atoms with E-state index in [9.17, 15) is 13.2 Å². The third-order valence-electron chi connectivity index (χ3n) is 3.02. The molecular weight excluding hydrogens is 307 g/mol. The second-order valence-corrected chi connectivity index (χ2v) is 5.51. The normalized spacial score (nSPS) is 11.8. The predicted molar refractivity (Wildman–Crippen MR) is 80.7 cm³/mol. The first-order valence-electron chi connectivity index (χ1n) is 7.18. The highest BCUT2D eigenvalue weighted by Crippen LogP contribution is 2.31. The van der Waals surface area contributed by atoms with Gasteiger partial charge < -0.3 is 10.5 Å². The molecule has 1 aromatic carbocycles. The Morgan fingerprint density at radius 2 is 1.78 bits per heavy atom. The Kier molecular flexibility index (Phi) is 5.20. The van der Waals surface area contributed by atoms with Crippen molar-refractivity contribution in [2.75, 3.05) is 6.61 Å². The van der Waals surface area contributed by atoms with Crippen LogP contribution in [0, 0.1) is 5.92 Å². The number of alkyl halides is 3. The van der Waals surface area contributed by atoms with Crippen molar-refractivity contribution < 1.29 is 17.9 Å². The van der Waals surface area contributed by atoms with E-state index in [2.05, 4.69) is 9.97 Å². The molecule has 4 nitrogen and oxygen atoms in total. The molecule has 124 valence electrons. The minimum absolute atomic E-state index is 0.177. The van der Waals surface area contributed by atoms with Gasteiger partial charge in [-0.3, -0.25) is 0 Å². The standard InChI is InChI=1S/C16H18F3N3O/c1-10(2)9-23-15-21-13(8-20)7-14(22-15)11-3-5-12(6-4-11)16(17,18)19/h3-7,10H,8-9,20H2,1-2H3. The zero-order valence-corrected chi connectivity index (χ0v) is 12.9. The van der Waals surface area contributed by atoms with Crippen molar-refractivity contribution in [3.05, 3.63) is 41.6 Å². The van der Waals surface area contributed by atoms with Crippen molar-refractivity contribution >= 4 is 0 Å². The fourth-order valence-corrected chi connectivity index (χ4v) is 1.86. The average molecular weight is 325 g/mol. The van der Waals surface area contributed by atoms with E-state index >= 15 is 0 Å². The van der Waals surface area contributed by atoms with Crippen LogP contribution in [0.2, 0.25) is 0 Å². The molecular formula is C16H18F3N3O. The topological polar surface area (TPSA) is 61.0 Å². The molecule has 0 saturated carbocycles. The minimum Gasteiger partial charge on any atom is -0.463 e. The van der Waals surface area contributed by atoms with E-state index in [0.29, 0.717) is 29.5 Å². The van der Waals surface area contributed by atoms with Gasteiger partial charge in [-0.2, -0.15) is 23.1 Å². The quantitative estimate of drug-likeness (QED) is 0.911. The Hall–Kier alpha value is -2.15. The van der Waals surface area contributed by atoms with Gasteiger partial charge in [0.2, 0.25) is 0 Å². The first-order valence-corrected chi connectivity index (χ1v) is 7.18. The lowest BCUT2D eigenvalue weighted by Gasteiger charge is -2.11. The molecule has 23 heavy (non-hydrogen) atoms. The summed E-state index contributed by atoms with van der Waals surface area (Å²) in [4.78, 5) is 8.41. The summed E-state index contributed by atoms with van der Waals surface area (Å²) in [6, 6.07) is 6.61. The van der Waals surface area contributed by atoms with Crippen LogP contribution in [0.4, 0.5) is 13.2 Å². The average Bonchev–Trinajstić information content (AvgIpc) is 2.52. The molecule has 2 N–H and O–H groups in total. The van der Waals surface area contributed by atoms with Gasteiger partial charge in [0.25, 0.3) is 0 Å². The Labute approximate surface area is 132 Å². The van der Waals surface area contributed by atoms with Crippen LogP contribution >= 0.6 is 0 Å². The second-order valence-electron chi connectivity index (χ2n) is 5.51. The van der Waals surface area contributed by atoms with E-state index in [4.69, 9.17) is 10.5 Å². The van der Waals surface area contributed by atoms with Crippen molar-refractivity contribution in [3.8, 4) is 17.3 Å². The highest BCUT2D eigenvalue weighted by atomic mass is 19.4. The van der Waals surface area contributed by atoms with Gasteiger partial charge in [-0.1, -0.05) is 26.0 Å². The monoisotopic (exact) mass is 325 g/mol. The van der Waals surface area contributed by atoms with Crippen molar-refractivity contribution in [1.82, 2.24) is 9.97 Å². The van der Waals surface area contributed by atoms with E-state index in [0.717, 1.165) is 12.1 Å². The Morgan fingerprint density at radius 3 is 2.30 bits per heavy atom. The van der Waals surface area contributed by atoms with Gasteiger partial charge in [0.1, 0.15) is 0 Å². The maximum Gasteiger partial charge on any atom is 0.416 e. The van der Waals surface area contributed by atoms with Crippen molar-refractivity contribution in [2.45, 2.75) is 26.6 Å². The molecule has 2 aromatic rings. The Morgan fingerprint density at radius 1 is 1.13 bits per heavy atom. The molecule has 1 aromatic heterocycles. The number of hydrogen-bond donors (Lipinski definition) is 1. The molecule has 0 bridgehead atoms. The van der Waals surface area contributed by atoms with Gasteiger partial charge >= 0.3 is 12.2 Å². The van der Waals surface area contributed by atoms with Crippen molar-refractivity contribution in [2.24, 2.45) is 11.7 Å². The Bertz CT molecular complexity index is 655. The van der Waals surface area contributed by atoms with Crippen LogP contribution in [0.15, 0.2) is 30.3 Å². The zero-order chi connectivity index (χ0) is 17.0. The lowest BCUT2D eigenvalue weighted by molar-refractivity contribution is -0.137. The summed E-state index contributed by atoms with van der Waals surface area (Å²) >= 11 is 0. The van der Waals surface area contributed by atoms with E-state index < -0.39 is 11.7 Å². The molecule has 1 heterocycles. The van der Waals surface area contributed by atoms with E-state index in [1.165, 1.54) is 12.1 Å². The van der Waals surface area contributed by atoms with Gasteiger partial charge in [-0.15, -0.1) is 0 Å². The van der Waals surface area contributed by atoms with Crippen molar-refractivity contribution in [1.29, 1.82) is 0 Å². The molecule has 0 aliphatic rings. The van der Waals surface area contributed by atoms with E-state index in [1.807, 2.05) is 13.8 Å². The molecule has 0 atom stereocenters. The molecule has 0 amide bonds. The van der Waals surface area contributed by atoms with Crippen LogP contribution in [0.1, 0.15) is 25.1 Å². The number of nitrogens with two attached hydrogens (primary N) is 1. The van der Waals surface area contributed by atoms with E-state index in [1.54, 1.807) is 6.07 Å². The third kappa shape index (κ3) is 4.66. The molecule has 0 aliphatic carbocycles. The number of halogens is 3. The SMILES string of the molecule is CC(C)COc1nc(CN)cc(-c2ccc(C(F)(F)F)cc2)n1. The fraction of sp³-hybridized carbons (Fsp3) is 0.375. The third-order valence-corrected chi connectivity index (χ3v) is 3.02. The molecule has 0 radical (unpaired) electrons. The first-order chi connectivity index (χ1) is 10.8. The summed E-state index contributed by atoms with van der Waals surface area (Å²) in [6.45, 7) is 4.61. The predicted octanol–water partition coefficient (Wildman–Crippen LogP) is 3.66. The summed E-state index contributed by atoms with van der Waals surface area (Å²) in [5.74, 6) is 0.301. The second kappa shape index (κ2) is 6.95. The molecule has 0 unspecified atom stereocenters. The van der Waals surface area contributed by atoms with E-state index in [-0.39, 0.29) is 12.6 Å². The van der Waals surface area contributed by atoms with Crippen LogP contribution in [0.25, 0.3) is 11.3 Å². The maximum absolute atomic E-state index is 12.6. The molecule has 7 heteroatoms. The number of ether oxygens (including phenoxy) is 1. The summed E-state index contributed by atoms with van der Waals surface area (Å²) in [7, 11) is 0. The molecule has 0 fully saturated rings. The zero-order valence-electron chi connectivity index (χ0n) is 12.9. The summed E-state index contributed by atoms with van der Waals surface area (Å²) in [5, 5.41) is 0. The highest BCUT2D eigenvalue weighted by Gasteiger charge is 2.30. The molecule has 0 aliphatic heterocycles. The number of benzene rings is 1. The van der Waals surface area contributed by atoms with Crippen LogP contribution in [-0.4, -0.2) is 16.6 Å². The summed E-state index contributed by atoms with van der Waals surface area (Å²) in [5.41, 5.74) is 6.49. The van der Waals surface area contributed by atoms with Crippen molar-refractivity contribution in [3.63, 3.8) is 0 Å². The van der Waals surface area contributed by atoms with Crippen LogP contribution < -0.4 is 10.5 Å². The molecule has 0 saturated heterocycles. The van der Waals surface area contributed by atoms with Gasteiger partial charge in [-0.25, -0.2) is 0 Å². The summed E-state index contributed by atoms with van der Waals surface area (Å²) in [6.07, 6.45) is -4.36. The Balaban J connectivity index is 2.32. The maximum atomic E-state index is 12.6. The minimum atomic E-state index is -4.36. The highest BCUT2D eigenvalue weighted by molar-refractivity contribution is 5.60. The molecule has 0 spiro atoms. The van der Waals surface area contributed by atoms with Gasteiger partial charge in [0.15, 0.2) is 0 Å². The fourth-order valence-electron chi connectivity index (χ4n) is 1.86. The number of nitrogens with zero attached hydrogens (tertiary/aromatic N) is 2. The van der Waals surface area contributed by atoms with Crippen LogP contribution in [-0.2, 0) is 12.7 Å². The van der Waals surface area contributed by atoms with Gasteiger partial charge in [0.05, 0.1) is 23.6 Å². The largest absolute Gasteiger partial charge is 0.463 e. The van der Waals surface area contributed by atoms with Crippen LogP contribution in [0.3, 0.4) is 0 Å². The lowest BCUT2D eigenvalue weighted by Crippen LogP contribution is -2.10. The smallest absolute Gasteiger partial charge is 0.416 e. The lowest BCUT2D eigenvalue weighted by atomic mass is 10.1. The number of rotatable bonds is 5. The molecule has 2 rings (SSSR count). The van der Waals surface area contributed by atoms with Gasteiger partial charge in [0, 0.05) is 12.1 Å². The number of aromatic nitrogens is 2.